The number of fused-ring (bicyclic) bond motifs is 5. The molecule has 6 nitrogen and oxygen atoms in total. The number of furan rings is 1. The first-order chi connectivity index (χ1) is 26.7. The van der Waals surface area contributed by atoms with Crippen molar-refractivity contribution in [3.05, 3.63) is 176 Å². The highest BCUT2D eigenvalue weighted by molar-refractivity contribution is 7.88. The molecule has 1 aromatic heterocycles. The number of anilines is 6. The maximum atomic E-state index is 14.1. The number of halogens is 3. The minimum atomic E-state index is -6.14. The number of alkyl halides is 3. The van der Waals surface area contributed by atoms with Gasteiger partial charge in [0.15, 0.2) is 11.3 Å². The second-order valence-electron chi connectivity index (χ2n) is 12.8. The van der Waals surface area contributed by atoms with Gasteiger partial charge in [0.2, 0.25) is 0 Å². The van der Waals surface area contributed by atoms with E-state index < -0.39 is 21.4 Å². The van der Waals surface area contributed by atoms with Crippen LogP contribution in [0.2, 0.25) is 0 Å². The molecule has 0 saturated heterocycles. The first kappa shape index (κ1) is 34.0. The standard InChI is InChI=1S/C45H29F3N2O4S/c46-45(47,48)55(51,52)54-43-37-28-16-15-27-36(37)42(50(33-22-9-3-10-23-33)34-24-11-4-12-25-34)40-39-38(53-44(40)43)29-30-17-13-14-26-35(30)41(39)49(31-18-5-1-6-19-31)32-20-7-2-8-21-32/h1-29H. The molecule has 0 saturated carbocycles. The van der Waals surface area contributed by atoms with Gasteiger partial charge in [0, 0.05) is 38.9 Å². The third-order valence-corrected chi connectivity index (χ3v) is 10.5. The van der Waals surface area contributed by atoms with E-state index in [-0.39, 0.29) is 11.0 Å². The summed E-state index contributed by atoms with van der Waals surface area (Å²) >= 11 is 0. The number of para-hydroxylation sites is 4. The van der Waals surface area contributed by atoms with Gasteiger partial charge < -0.3 is 18.4 Å². The molecule has 1 heterocycles. The normalized spacial score (nSPS) is 12.1. The smallest absolute Gasteiger partial charge is 0.452 e. The lowest BCUT2D eigenvalue weighted by Gasteiger charge is -2.30. The van der Waals surface area contributed by atoms with Crippen molar-refractivity contribution in [2.45, 2.75) is 5.51 Å². The molecule has 0 unspecified atom stereocenters. The number of hydrogen-bond donors (Lipinski definition) is 0. The van der Waals surface area contributed by atoms with E-state index in [0.29, 0.717) is 33.1 Å². The summed E-state index contributed by atoms with van der Waals surface area (Å²) in [4.78, 5) is 4.09. The van der Waals surface area contributed by atoms with E-state index in [4.69, 9.17) is 8.60 Å². The number of nitrogens with zero attached hydrogens (tertiary/aromatic N) is 2. The van der Waals surface area contributed by atoms with Gasteiger partial charge in [0.05, 0.1) is 22.1 Å². The highest BCUT2D eigenvalue weighted by atomic mass is 32.2. The lowest BCUT2D eigenvalue weighted by Crippen LogP contribution is -2.28. The SMILES string of the molecule is O=S(=O)(Oc1c2ccccc2c(N(c2ccccc2)c2ccccc2)c2c1oc1cc3ccccc3c(N(c3ccccc3)c3ccccc3)c12)C(F)(F)F. The number of hydrogen-bond acceptors (Lipinski definition) is 6. The van der Waals surface area contributed by atoms with Crippen LogP contribution in [-0.2, 0) is 10.1 Å². The molecule has 0 spiro atoms. The lowest BCUT2D eigenvalue weighted by atomic mass is 9.96. The molecule has 0 amide bonds. The molecular weight excluding hydrogens is 722 g/mol. The van der Waals surface area contributed by atoms with E-state index >= 15 is 0 Å². The molecule has 0 N–H and O–H groups in total. The molecule has 0 radical (unpaired) electrons. The van der Waals surface area contributed by atoms with Crippen molar-refractivity contribution in [2.24, 2.45) is 0 Å². The average Bonchev–Trinajstić information content (AvgIpc) is 3.59. The molecule has 10 heteroatoms. The monoisotopic (exact) mass is 750 g/mol. The van der Waals surface area contributed by atoms with Crippen LogP contribution in [0.5, 0.6) is 5.75 Å². The zero-order valence-electron chi connectivity index (χ0n) is 28.8. The van der Waals surface area contributed by atoms with Gasteiger partial charge in [-0.1, -0.05) is 121 Å². The fraction of sp³-hybridized carbons (Fsp3) is 0.0222. The summed E-state index contributed by atoms with van der Waals surface area (Å²) in [5, 5.41) is 3.05. The van der Waals surface area contributed by atoms with Gasteiger partial charge in [0.25, 0.3) is 0 Å². The Hall–Kier alpha value is -6.78. The van der Waals surface area contributed by atoms with Crippen molar-refractivity contribution in [2.75, 3.05) is 9.80 Å². The van der Waals surface area contributed by atoms with Gasteiger partial charge in [-0.3, -0.25) is 0 Å². The van der Waals surface area contributed by atoms with Gasteiger partial charge >= 0.3 is 15.6 Å². The Morgan fingerprint density at radius 1 is 0.491 bits per heavy atom. The van der Waals surface area contributed by atoms with Crippen LogP contribution in [0.15, 0.2) is 180 Å². The molecule has 270 valence electrons. The molecule has 0 bridgehead atoms. The van der Waals surface area contributed by atoms with Gasteiger partial charge in [-0.2, -0.15) is 21.6 Å². The van der Waals surface area contributed by atoms with Crippen LogP contribution in [0, 0.1) is 0 Å². The van der Waals surface area contributed by atoms with E-state index in [2.05, 4.69) is 4.90 Å². The Morgan fingerprint density at radius 3 is 1.36 bits per heavy atom. The Bertz CT molecular complexity index is 2880. The Kier molecular flexibility index (Phi) is 8.20. The fourth-order valence-electron chi connectivity index (χ4n) is 7.26. The minimum Gasteiger partial charge on any atom is -0.452 e. The molecule has 0 aliphatic heterocycles. The molecule has 55 heavy (non-hydrogen) atoms. The number of benzene rings is 8. The maximum Gasteiger partial charge on any atom is 0.534 e. The third-order valence-electron chi connectivity index (χ3n) is 9.53. The topological polar surface area (TPSA) is 63.0 Å². The quantitative estimate of drug-likeness (QED) is 0.114. The molecule has 8 aromatic carbocycles. The van der Waals surface area contributed by atoms with Crippen molar-refractivity contribution in [1.82, 2.24) is 0 Å². The van der Waals surface area contributed by atoms with Crippen LogP contribution in [0.4, 0.5) is 47.3 Å². The van der Waals surface area contributed by atoms with Crippen molar-refractivity contribution in [1.29, 1.82) is 0 Å². The average molecular weight is 751 g/mol. The van der Waals surface area contributed by atoms with Gasteiger partial charge in [-0.25, -0.2) is 0 Å². The first-order valence-corrected chi connectivity index (χ1v) is 18.8. The molecule has 0 atom stereocenters. The summed E-state index contributed by atoms with van der Waals surface area (Å²) in [7, 11) is -6.14. The fourth-order valence-corrected chi connectivity index (χ4v) is 7.74. The first-order valence-electron chi connectivity index (χ1n) is 17.3. The van der Waals surface area contributed by atoms with Crippen LogP contribution in [-0.4, -0.2) is 13.9 Å². The Labute approximate surface area is 314 Å². The summed E-state index contributed by atoms with van der Waals surface area (Å²) in [5.74, 6) is -0.565. The summed E-state index contributed by atoms with van der Waals surface area (Å²) < 4.78 is 80.1. The van der Waals surface area contributed by atoms with Crippen molar-refractivity contribution in [3.8, 4) is 5.75 Å². The zero-order valence-corrected chi connectivity index (χ0v) is 29.6. The predicted octanol–water partition coefficient (Wildman–Crippen LogP) is 13.1. The molecule has 0 aliphatic rings. The second-order valence-corrected chi connectivity index (χ2v) is 14.4. The van der Waals surface area contributed by atoms with E-state index in [0.717, 1.165) is 33.5 Å². The van der Waals surface area contributed by atoms with Crippen LogP contribution >= 0.6 is 0 Å². The van der Waals surface area contributed by atoms with Gasteiger partial charge in [0.1, 0.15) is 5.58 Å². The largest absolute Gasteiger partial charge is 0.534 e. The van der Waals surface area contributed by atoms with Crippen LogP contribution in [0.1, 0.15) is 0 Å². The molecule has 9 aromatic rings. The van der Waals surface area contributed by atoms with Crippen molar-refractivity contribution in [3.63, 3.8) is 0 Å². The second kappa shape index (κ2) is 13.3. The van der Waals surface area contributed by atoms with E-state index in [1.54, 1.807) is 24.3 Å². The molecular formula is C45H29F3N2O4S. The molecule has 0 fully saturated rings. The highest BCUT2D eigenvalue weighted by Crippen LogP contribution is 2.55. The van der Waals surface area contributed by atoms with Crippen LogP contribution in [0.25, 0.3) is 43.5 Å². The Balaban J connectivity index is 1.55. The molecule has 0 aliphatic carbocycles. The van der Waals surface area contributed by atoms with Crippen LogP contribution in [0.3, 0.4) is 0 Å². The van der Waals surface area contributed by atoms with Gasteiger partial charge in [-0.15, -0.1) is 0 Å². The van der Waals surface area contributed by atoms with Crippen LogP contribution < -0.4 is 14.0 Å². The zero-order chi connectivity index (χ0) is 37.7. The third kappa shape index (κ3) is 5.78. The van der Waals surface area contributed by atoms with E-state index in [9.17, 15) is 21.6 Å². The Morgan fingerprint density at radius 2 is 0.891 bits per heavy atom. The van der Waals surface area contributed by atoms with E-state index in [1.807, 2.05) is 157 Å². The van der Waals surface area contributed by atoms with Crippen molar-refractivity contribution >= 4 is 87.7 Å². The summed E-state index contributed by atoms with van der Waals surface area (Å²) in [6, 6.07) is 54.8. The summed E-state index contributed by atoms with van der Waals surface area (Å²) in [6.45, 7) is 0. The predicted molar refractivity (Wildman–Crippen MR) is 214 cm³/mol. The maximum absolute atomic E-state index is 14.1. The molecule has 9 rings (SSSR count). The lowest BCUT2D eigenvalue weighted by molar-refractivity contribution is -0.0499. The van der Waals surface area contributed by atoms with Gasteiger partial charge in [-0.05, 0) is 60.0 Å². The summed E-state index contributed by atoms with van der Waals surface area (Å²) in [6.07, 6.45) is 0. The van der Waals surface area contributed by atoms with E-state index in [1.165, 1.54) is 0 Å². The van der Waals surface area contributed by atoms with Crippen molar-refractivity contribution < 1.29 is 30.2 Å². The number of rotatable bonds is 8. The minimum absolute atomic E-state index is 0.114. The highest BCUT2D eigenvalue weighted by Gasteiger charge is 2.49. The summed E-state index contributed by atoms with van der Waals surface area (Å²) in [5.41, 5.74) is -1.22.